The molecule has 4 heterocycles. The first-order valence-electron chi connectivity index (χ1n) is 25.8. The average molecular weight is 923 g/mol. The molecule has 2 aliphatic heterocycles. The molecule has 0 radical (unpaired) electrons. The van der Waals surface area contributed by atoms with Crippen LogP contribution in [0.5, 0.6) is 0 Å². The first-order valence-corrected chi connectivity index (χ1v) is 26.6. The summed E-state index contributed by atoms with van der Waals surface area (Å²) in [6, 6.07) is 53.6. The van der Waals surface area contributed by atoms with Crippen molar-refractivity contribution in [1.29, 1.82) is 0 Å². The molecule has 0 N–H and O–H groups in total. The number of aromatic nitrogens is 1. The SMILES string of the molecule is CC(C)(C)c1ccc(N2B3c4cc5c(cc4-n4c6ccc7c(c6c6ccc(c3c64)-c3cc4c(cc32)sc2cc3c(cc24)C(C)(C)CCC3(C)C)-c2ccccc2C7(C)C)C(C)(C)c2ccccc2-5)cc1. The number of thiophene rings is 1. The molecular weight excluding hydrogens is 864 g/mol. The van der Waals surface area contributed by atoms with E-state index in [9.17, 15) is 0 Å². The Morgan fingerprint density at radius 3 is 1.87 bits per heavy atom. The van der Waals surface area contributed by atoms with Crippen LogP contribution in [0, 0.1) is 0 Å². The molecule has 0 fully saturated rings. The maximum atomic E-state index is 2.76. The minimum Gasteiger partial charge on any atom is -0.376 e. The molecule has 0 bridgehead atoms. The molecule has 0 saturated carbocycles. The van der Waals surface area contributed by atoms with Crippen LogP contribution >= 0.6 is 11.3 Å². The molecule has 0 atom stereocenters. The molecule has 2 nitrogen and oxygen atoms in total. The van der Waals surface area contributed by atoms with Crippen molar-refractivity contribution in [3.8, 4) is 39.1 Å². The summed E-state index contributed by atoms with van der Waals surface area (Å²) < 4.78 is 5.47. The van der Waals surface area contributed by atoms with Gasteiger partial charge in [-0.1, -0.05) is 161 Å². The first-order chi connectivity index (χ1) is 33.3. The van der Waals surface area contributed by atoms with E-state index in [0.29, 0.717) is 0 Å². The largest absolute Gasteiger partial charge is 0.376 e. The number of nitrogens with zero attached hydrogens (tertiary/aromatic N) is 2. The number of hydrogen-bond donors (Lipinski definition) is 0. The summed E-state index contributed by atoms with van der Waals surface area (Å²) in [6.07, 6.45) is 2.42. The standard InChI is InChI=1S/C66H59BN2S/c1-62(2,3)36-20-22-37(23-21-36)69-54-35-57-44(45-31-50-51(34-56(45)70-57)64(6,7)29-28-63(50,4)5)30-43(54)39-24-25-41-59-53(27-26-48-58(59)40-17-13-15-19-47(40)65(48,8)9)68-55-33-49-42(32-52(55)67(69)60(39)61(41)68)38-16-12-14-18-46(38)66(49,10)11/h12-27,30-35H,28-29H2,1-11H3. The van der Waals surface area contributed by atoms with Crippen LogP contribution in [0.3, 0.4) is 0 Å². The summed E-state index contributed by atoms with van der Waals surface area (Å²) in [5, 5.41) is 5.50. The van der Waals surface area contributed by atoms with Gasteiger partial charge in [0, 0.05) is 64.4 Å². The third kappa shape index (κ3) is 5.01. The van der Waals surface area contributed by atoms with Gasteiger partial charge in [0.1, 0.15) is 0 Å². The zero-order valence-corrected chi connectivity index (χ0v) is 43.3. The van der Waals surface area contributed by atoms with Crippen LogP contribution in [0.1, 0.15) is 128 Å². The van der Waals surface area contributed by atoms with Crippen LogP contribution in [0.25, 0.3) is 81.0 Å². The summed E-state index contributed by atoms with van der Waals surface area (Å²) in [5.41, 5.74) is 27.6. The van der Waals surface area contributed by atoms with Crippen molar-refractivity contribution >= 4 is 82.5 Å². The fourth-order valence-electron chi connectivity index (χ4n) is 14.6. The molecule has 342 valence electrons. The summed E-state index contributed by atoms with van der Waals surface area (Å²) in [6.45, 7) is 26.5. The number of fused-ring (bicyclic) bond motifs is 19. The Morgan fingerprint density at radius 2 is 1.14 bits per heavy atom. The molecule has 5 aliphatic rings. The first kappa shape index (κ1) is 41.4. The highest BCUT2D eigenvalue weighted by atomic mass is 32.1. The molecule has 0 spiro atoms. The van der Waals surface area contributed by atoms with E-state index in [-0.39, 0.29) is 33.9 Å². The second-order valence-corrected chi connectivity index (χ2v) is 26.2. The highest BCUT2D eigenvalue weighted by molar-refractivity contribution is 7.25. The van der Waals surface area contributed by atoms with E-state index in [2.05, 4.69) is 219 Å². The van der Waals surface area contributed by atoms with E-state index in [4.69, 9.17) is 0 Å². The van der Waals surface area contributed by atoms with Crippen LogP contribution in [0.15, 0.2) is 133 Å². The molecule has 70 heavy (non-hydrogen) atoms. The van der Waals surface area contributed by atoms with E-state index in [1.165, 1.54) is 155 Å². The summed E-state index contributed by atoms with van der Waals surface area (Å²) in [7, 11) is 0. The van der Waals surface area contributed by atoms with Crippen molar-refractivity contribution in [3.05, 3.63) is 172 Å². The van der Waals surface area contributed by atoms with E-state index in [1.807, 2.05) is 11.3 Å². The zero-order chi connectivity index (χ0) is 47.9. The van der Waals surface area contributed by atoms with E-state index < -0.39 is 0 Å². The quantitative estimate of drug-likeness (QED) is 0.149. The Balaban J connectivity index is 1.10. The Kier molecular flexibility index (Phi) is 7.66. The summed E-state index contributed by atoms with van der Waals surface area (Å²) in [5.74, 6) is 0. The van der Waals surface area contributed by atoms with E-state index in [0.717, 1.165) is 0 Å². The number of rotatable bonds is 1. The van der Waals surface area contributed by atoms with Crippen molar-refractivity contribution in [2.45, 2.75) is 116 Å². The molecule has 10 aromatic rings. The molecule has 0 amide bonds. The number of hydrogen-bond acceptors (Lipinski definition) is 2. The third-order valence-electron chi connectivity index (χ3n) is 18.6. The van der Waals surface area contributed by atoms with Gasteiger partial charge in [-0.3, -0.25) is 0 Å². The van der Waals surface area contributed by atoms with Gasteiger partial charge < -0.3 is 9.38 Å². The molecular formula is C66H59BN2S. The van der Waals surface area contributed by atoms with Gasteiger partial charge in [-0.15, -0.1) is 11.3 Å². The van der Waals surface area contributed by atoms with Crippen molar-refractivity contribution in [2.24, 2.45) is 0 Å². The number of benzene rings is 8. The van der Waals surface area contributed by atoms with Crippen molar-refractivity contribution in [3.63, 3.8) is 0 Å². The summed E-state index contributed by atoms with van der Waals surface area (Å²) >= 11 is 1.99. The van der Waals surface area contributed by atoms with Crippen molar-refractivity contribution in [2.75, 3.05) is 4.81 Å². The van der Waals surface area contributed by atoms with Gasteiger partial charge in [-0.25, -0.2) is 0 Å². The fraction of sp³-hybridized carbons (Fsp3) is 0.273. The number of anilines is 2. The topological polar surface area (TPSA) is 8.17 Å². The van der Waals surface area contributed by atoms with Crippen LogP contribution < -0.4 is 15.7 Å². The summed E-state index contributed by atoms with van der Waals surface area (Å²) in [4.78, 5) is 2.76. The molecule has 2 aromatic heterocycles. The van der Waals surface area contributed by atoms with Crippen LogP contribution in [-0.2, 0) is 27.1 Å². The van der Waals surface area contributed by atoms with E-state index in [1.54, 1.807) is 0 Å². The van der Waals surface area contributed by atoms with Gasteiger partial charge in [0.05, 0.1) is 11.0 Å². The normalized spacial score (nSPS) is 17.9. The lowest BCUT2D eigenvalue weighted by Gasteiger charge is -2.42. The Hall–Kier alpha value is -6.36. The van der Waals surface area contributed by atoms with Gasteiger partial charge in [0.2, 0.25) is 0 Å². The predicted molar refractivity (Wildman–Crippen MR) is 302 cm³/mol. The third-order valence-corrected chi connectivity index (χ3v) is 19.7. The zero-order valence-electron chi connectivity index (χ0n) is 42.5. The lowest BCUT2D eigenvalue weighted by Crippen LogP contribution is -2.60. The fourth-order valence-corrected chi connectivity index (χ4v) is 15.7. The van der Waals surface area contributed by atoms with Gasteiger partial charge >= 0.3 is 6.85 Å². The minimum atomic E-state index is -0.145. The second-order valence-electron chi connectivity index (χ2n) is 25.1. The molecule has 15 rings (SSSR count). The average Bonchev–Trinajstić information content (AvgIpc) is 4.01. The molecule has 8 aromatic carbocycles. The van der Waals surface area contributed by atoms with Gasteiger partial charge in [-0.05, 0) is 155 Å². The lowest BCUT2D eigenvalue weighted by molar-refractivity contribution is 0.332. The molecule has 3 aliphatic carbocycles. The Morgan fingerprint density at radius 1 is 0.500 bits per heavy atom. The highest BCUT2D eigenvalue weighted by Gasteiger charge is 2.48. The molecule has 0 unspecified atom stereocenters. The predicted octanol–water partition coefficient (Wildman–Crippen LogP) is 16.6. The highest BCUT2D eigenvalue weighted by Crippen LogP contribution is 2.57. The van der Waals surface area contributed by atoms with Crippen LogP contribution in [0.4, 0.5) is 11.4 Å². The van der Waals surface area contributed by atoms with Gasteiger partial charge in [-0.2, -0.15) is 0 Å². The Bertz CT molecular complexity index is 4050. The van der Waals surface area contributed by atoms with Gasteiger partial charge in [0.15, 0.2) is 0 Å². The second kappa shape index (κ2) is 12.9. The smallest absolute Gasteiger partial charge is 0.333 e. The monoisotopic (exact) mass is 922 g/mol. The van der Waals surface area contributed by atoms with Crippen LogP contribution in [-0.4, -0.2) is 11.4 Å². The lowest BCUT2D eigenvalue weighted by atomic mass is 9.43. The maximum Gasteiger partial charge on any atom is 0.333 e. The van der Waals surface area contributed by atoms with Crippen LogP contribution in [0.2, 0.25) is 0 Å². The Labute approximate surface area is 417 Å². The van der Waals surface area contributed by atoms with E-state index >= 15 is 0 Å². The van der Waals surface area contributed by atoms with Crippen molar-refractivity contribution < 1.29 is 0 Å². The van der Waals surface area contributed by atoms with Gasteiger partial charge in [0.25, 0.3) is 0 Å². The molecule has 4 heteroatoms. The van der Waals surface area contributed by atoms with Crippen molar-refractivity contribution in [1.82, 2.24) is 4.57 Å². The maximum absolute atomic E-state index is 2.76. The minimum absolute atomic E-state index is 0.0369. The molecule has 0 saturated heterocycles.